The summed E-state index contributed by atoms with van der Waals surface area (Å²) in [4.78, 5) is 0. The van der Waals surface area contributed by atoms with Gasteiger partial charge in [-0.25, -0.2) is 4.68 Å². The van der Waals surface area contributed by atoms with Gasteiger partial charge in [-0.3, -0.25) is 0 Å². The average molecular weight is 577 g/mol. The van der Waals surface area contributed by atoms with Crippen molar-refractivity contribution in [2.75, 3.05) is 0 Å². The minimum atomic E-state index is 1.02. The molecular weight excluding hydrogens is 544 g/mol. The van der Waals surface area contributed by atoms with E-state index in [2.05, 4.69) is 170 Å². The highest BCUT2D eigenvalue weighted by atomic mass is 15.3. The van der Waals surface area contributed by atoms with Crippen LogP contribution in [0.2, 0.25) is 0 Å². The molecule has 2 heteroatoms. The van der Waals surface area contributed by atoms with E-state index in [4.69, 9.17) is 5.10 Å². The lowest BCUT2D eigenvalue weighted by atomic mass is 9.84. The van der Waals surface area contributed by atoms with Crippen LogP contribution in [-0.2, 0) is 0 Å². The van der Waals surface area contributed by atoms with E-state index in [-0.39, 0.29) is 0 Å². The molecule has 8 rings (SSSR count). The summed E-state index contributed by atoms with van der Waals surface area (Å²) in [5.41, 5.74) is 13.0. The summed E-state index contributed by atoms with van der Waals surface area (Å²) in [5, 5.41) is 10.00. The first kappa shape index (κ1) is 26.9. The number of hydrogen-bond acceptors (Lipinski definition) is 1. The topological polar surface area (TPSA) is 17.8 Å². The highest BCUT2D eigenvalue weighted by molar-refractivity contribution is 6.22. The van der Waals surface area contributed by atoms with Crippen molar-refractivity contribution in [1.82, 2.24) is 9.78 Å². The van der Waals surface area contributed by atoms with Crippen LogP contribution < -0.4 is 0 Å². The van der Waals surface area contributed by atoms with Gasteiger partial charge in [0.2, 0.25) is 0 Å². The van der Waals surface area contributed by atoms with Crippen molar-refractivity contribution in [3.8, 4) is 50.2 Å². The Morgan fingerprint density at radius 2 is 0.778 bits per heavy atom. The van der Waals surface area contributed by atoms with Crippen molar-refractivity contribution in [2.45, 2.75) is 13.8 Å². The summed E-state index contributed by atoms with van der Waals surface area (Å²) in [6, 6.07) is 56.6. The molecule has 0 amide bonds. The lowest BCUT2D eigenvalue weighted by molar-refractivity contribution is 0.834. The third kappa shape index (κ3) is 4.63. The van der Waals surface area contributed by atoms with E-state index in [1.54, 1.807) is 0 Å². The Morgan fingerprint density at radius 1 is 0.378 bits per heavy atom. The monoisotopic (exact) mass is 576 g/mol. The van der Waals surface area contributed by atoms with Crippen LogP contribution in [0.1, 0.15) is 11.4 Å². The molecule has 0 spiro atoms. The van der Waals surface area contributed by atoms with E-state index in [1.165, 1.54) is 66.1 Å². The molecule has 1 aromatic heterocycles. The maximum Gasteiger partial charge on any atom is 0.0679 e. The van der Waals surface area contributed by atoms with Gasteiger partial charge in [0.15, 0.2) is 0 Å². The molecule has 0 atom stereocenters. The van der Waals surface area contributed by atoms with E-state index in [9.17, 15) is 0 Å². The Hall–Kier alpha value is -5.73. The van der Waals surface area contributed by atoms with Gasteiger partial charge >= 0.3 is 0 Å². The second-order valence-electron chi connectivity index (χ2n) is 11.7. The highest BCUT2D eigenvalue weighted by Crippen LogP contribution is 2.46. The first-order valence-electron chi connectivity index (χ1n) is 15.5. The minimum Gasteiger partial charge on any atom is -0.237 e. The number of para-hydroxylation sites is 1. The normalized spacial score (nSPS) is 11.3. The molecule has 1 heterocycles. The summed E-state index contributed by atoms with van der Waals surface area (Å²) >= 11 is 0. The maximum absolute atomic E-state index is 5.06. The molecule has 0 radical (unpaired) electrons. The molecule has 0 saturated carbocycles. The van der Waals surface area contributed by atoms with Gasteiger partial charge in [-0.05, 0) is 99.1 Å². The second-order valence-corrected chi connectivity index (χ2v) is 11.7. The predicted molar refractivity (Wildman–Crippen MR) is 190 cm³/mol. The molecule has 2 nitrogen and oxygen atoms in total. The number of aromatic nitrogens is 2. The van der Waals surface area contributed by atoms with Crippen molar-refractivity contribution in [1.29, 1.82) is 0 Å². The minimum absolute atomic E-state index is 1.02. The van der Waals surface area contributed by atoms with Crippen LogP contribution in [0, 0.1) is 13.8 Å². The summed E-state index contributed by atoms with van der Waals surface area (Å²) in [7, 11) is 0. The van der Waals surface area contributed by atoms with Gasteiger partial charge in [0, 0.05) is 16.8 Å². The number of fused-ring (bicyclic) bond motifs is 2. The van der Waals surface area contributed by atoms with E-state index < -0.39 is 0 Å². The number of aryl methyl sites for hydroxylation is 1. The van der Waals surface area contributed by atoms with Crippen LogP contribution in [-0.4, -0.2) is 9.78 Å². The first-order valence-corrected chi connectivity index (χ1v) is 15.5. The molecule has 0 aliphatic rings. The Labute approximate surface area is 263 Å². The smallest absolute Gasteiger partial charge is 0.0679 e. The molecule has 0 bridgehead atoms. The van der Waals surface area contributed by atoms with Gasteiger partial charge in [-0.2, -0.15) is 5.10 Å². The number of nitrogens with zero attached hydrogens (tertiary/aromatic N) is 2. The van der Waals surface area contributed by atoms with Gasteiger partial charge in [0.05, 0.1) is 11.4 Å². The molecule has 8 aromatic rings. The highest BCUT2D eigenvalue weighted by Gasteiger charge is 2.22. The molecule has 0 aliphatic heterocycles. The fourth-order valence-electron chi connectivity index (χ4n) is 6.90. The Balaban J connectivity index is 1.45. The van der Waals surface area contributed by atoms with Crippen LogP contribution in [0.4, 0.5) is 0 Å². The largest absolute Gasteiger partial charge is 0.237 e. The van der Waals surface area contributed by atoms with Gasteiger partial charge in [0.25, 0.3) is 0 Å². The quantitative estimate of drug-likeness (QED) is 0.186. The van der Waals surface area contributed by atoms with E-state index in [0.29, 0.717) is 0 Å². The average Bonchev–Trinajstić information content (AvgIpc) is 3.40. The number of hydrogen-bond donors (Lipinski definition) is 0. The Morgan fingerprint density at radius 3 is 1.27 bits per heavy atom. The van der Waals surface area contributed by atoms with Gasteiger partial charge in [-0.15, -0.1) is 0 Å². The molecular formula is C43H32N2. The van der Waals surface area contributed by atoms with E-state index in [0.717, 1.165) is 17.1 Å². The molecule has 7 aromatic carbocycles. The standard InChI is InChI=1S/C43H32N2/c1-29-41(30(2)45(44-29)36-20-10-5-11-21-36)43-39-24-14-12-22-37(39)42(38-23-13-15-25-40(38)43)35-27-33(31-16-6-3-7-17-31)26-34(28-35)32-18-8-4-9-19-32/h3-28H,1-2H3. The molecule has 0 saturated heterocycles. The van der Waals surface area contributed by atoms with Crippen molar-refractivity contribution in [3.05, 3.63) is 169 Å². The molecule has 0 fully saturated rings. The summed E-state index contributed by atoms with van der Waals surface area (Å²) < 4.78 is 2.08. The number of benzene rings is 7. The zero-order valence-electron chi connectivity index (χ0n) is 25.4. The molecule has 45 heavy (non-hydrogen) atoms. The van der Waals surface area contributed by atoms with Crippen molar-refractivity contribution in [3.63, 3.8) is 0 Å². The zero-order valence-corrected chi connectivity index (χ0v) is 25.4. The molecule has 0 unspecified atom stereocenters. The zero-order chi connectivity index (χ0) is 30.3. The maximum atomic E-state index is 5.06. The van der Waals surface area contributed by atoms with Gasteiger partial charge in [-0.1, -0.05) is 127 Å². The second kappa shape index (κ2) is 11.1. The summed E-state index contributed by atoms with van der Waals surface area (Å²) in [6.07, 6.45) is 0. The van der Waals surface area contributed by atoms with Gasteiger partial charge < -0.3 is 0 Å². The van der Waals surface area contributed by atoms with Crippen LogP contribution in [0.15, 0.2) is 158 Å². The predicted octanol–water partition coefficient (Wildman–Crippen LogP) is 11.5. The Bertz CT molecular complexity index is 2200. The molecule has 0 aliphatic carbocycles. The van der Waals surface area contributed by atoms with Crippen LogP contribution in [0.5, 0.6) is 0 Å². The lowest BCUT2D eigenvalue weighted by Crippen LogP contribution is -1.98. The molecule has 0 N–H and O–H groups in total. The van der Waals surface area contributed by atoms with Crippen LogP contribution in [0.3, 0.4) is 0 Å². The van der Waals surface area contributed by atoms with Crippen molar-refractivity contribution >= 4 is 21.5 Å². The van der Waals surface area contributed by atoms with Crippen molar-refractivity contribution < 1.29 is 0 Å². The third-order valence-electron chi connectivity index (χ3n) is 8.91. The fraction of sp³-hybridized carbons (Fsp3) is 0.0465. The first-order chi connectivity index (χ1) is 22.2. The van der Waals surface area contributed by atoms with Crippen LogP contribution in [0.25, 0.3) is 71.7 Å². The van der Waals surface area contributed by atoms with Crippen molar-refractivity contribution in [2.24, 2.45) is 0 Å². The lowest BCUT2D eigenvalue weighted by Gasteiger charge is -2.19. The third-order valence-corrected chi connectivity index (χ3v) is 8.91. The van der Waals surface area contributed by atoms with Gasteiger partial charge in [0.1, 0.15) is 0 Å². The fourth-order valence-corrected chi connectivity index (χ4v) is 6.90. The van der Waals surface area contributed by atoms with E-state index >= 15 is 0 Å². The van der Waals surface area contributed by atoms with Crippen LogP contribution >= 0.6 is 0 Å². The SMILES string of the molecule is Cc1nn(-c2ccccc2)c(C)c1-c1c2ccccc2c(-c2cc(-c3ccccc3)cc(-c3ccccc3)c2)c2ccccc12. The number of rotatable bonds is 5. The summed E-state index contributed by atoms with van der Waals surface area (Å²) in [5.74, 6) is 0. The Kier molecular flexibility index (Phi) is 6.61. The molecule has 214 valence electrons. The summed E-state index contributed by atoms with van der Waals surface area (Å²) in [6.45, 7) is 4.32. The van der Waals surface area contributed by atoms with E-state index in [1.807, 2.05) is 6.07 Å².